The van der Waals surface area contributed by atoms with Crippen molar-refractivity contribution in [1.82, 2.24) is 5.32 Å². The van der Waals surface area contributed by atoms with Crippen molar-refractivity contribution in [3.63, 3.8) is 0 Å². The normalized spacial score (nSPS) is 9.53. The summed E-state index contributed by atoms with van der Waals surface area (Å²) in [6, 6.07) is 4.28. The summed E-state index contributed by atoms with van der Waals surface area (Å²) in [5.74, 6) is 0.496. The maximum Gasteiger partial charge on any atom is 0.271 e. The maximum absolute atomic E-state index is 10.7. The SMILES string of the molecule is CCNC(=S)Nc1cc([N+](=O)[O-])ccc1OC. The fraction of sp³-hybridized carbons (Fsp3) is 0.300. The molecule has 0 aliphatic heterocycles. The van der Waals surface area contributed by atoms with Gasteiger partial charge in [0.25, 0.3) is 5.69 Å². The third kappa shape index (κ3) is 3.56. The third-order valence-corrected chi connectivity index (χ3v) is 2.23. The molecule has 0 atom stereocenters. The van der Waals surface area contributed by atoms with E-state index in [1.807, 2.05) is 6.92 Å². The number of nitrogens with one attached hydrogen (secondary N) is 2. The Morgan fingerprint density at radius 2 is 2.29 bits per heavy atom. The van der Waals surface area contributed by atoms with Gasteiger partial charge in [-0.05, 0) is 25.2 Å². The van der Waals surface area contributed by atoms with E-state index in [2.05, 4.69) is 10.6 Å². The molecule has 0 aliphatic rings. The number of ether oxygens (including phenoxy) is 1. The fourth-order valence-corrected chi connectivity index (χ4v) is 1.49. The Hall–Kier alpha value is -1.89. The van der Waals surface area contributed by atoms with Crippen molar-refractivity contribution in [3.8, 4) is 5.75 Å². The zero-order chi connectivity index (χ0) is 12.8. The van der Waals surface area contributed by atoms with Crippen LogP contribution in [0.2, 0.25) is 0 Å². The first kappa shape index (κ1) is 13.2. The lowest BCUT2D eigenvalue weighted by Gasteiger charge is -2.12. The predicted octanol–water partition coefficient (Wildman–Crippen LogP) is 1.91. The van der Waals surface area contributed by atoms with Crippen LogP contribution in [0.4, 0.5) is 11.4 Å². The number of benzene rings is 1. The van der Waals surface area contributed by atoms with Gasteiger partial charge < -0.3 is 15.4 Å². The highest BCUT2D eigenvalue weighted by atomic mass is 32.1. The van der Waals surface area contributed by atoms with Crippen LogP contribution in [0.5, 0.6) is 5.75 Å². The molecule has 0 fully saturated rings. The molecule has 0 amide bonds. The number of rotatable bonds is 4. The minimum absolute atomic E-state index is 0.0207. The van der Waals surface area contributed by atoms with Crippen molar-refractivity contribution < 1.29 is 9.66 Å². The van der Waals surface area contributed by atoms with Gasteiger partial charge in [-0.1, -0.05) is 0 Å². The molecule has 7 heteroatoms. The van der Waals surface area contributed by atoms with Gasteiger partial charge in [0.2, 0.25) is 0 Å². The van der Waals surface area contributed by atoms with Crippen LogP contribution in [0.3, 0.4) is 0 Å². The summed E-state index contributed by atoms with van der Waals surface area (Å²) < 4.78 is 5.09. The van der Waals surface area contributed by atoms with Gasteiger partial charge in [0, 0.05) is 18.7 Å². The average Bonchev–Trinajstić information content (AvgIpc) is 2.29. The van der Waals surface area contributed by atoms with E-state index < -0.39 is 4.92 Å². The number of hydrogen-bond donors (Lipinski definition) is 2. The quantitative estimate of drug-likeness (QED) is 0.486. The van der Waals surface area contributed by atoms with Crippen molar-refractivity contribution >= 4 is 28.7 Å². The Morgan fingerprint density at radius 1 is 1.59 bits per heavy atom. The number of anilines is 1. The summed E-state index contributed by atoms with van der Waals surface area (Å²) in [6.45, 7) is 2.57. The predicted molar refractivity (Wildman–Crippen MR) is 69.5 cm³/mol. The maximum atomic E-state index is 10.7. The topological polar surface area (TPSA) is 76.4 Å². The highest BCUT2D eigenvalue weighted by Crippen LogP contribution is 2.28. The van der Waals surface area contributed by atoms with Gasteiger partial charge in [-0.15, -0.1) is 0 Å². The Morgan fingerprint density at radius 3 is 2.82 bits per heavy atom. The molecular formula is C10H13N3O3S. The number of thiocarbonyl (C=S) groups is 1. The second kappa shape index (κ2) is 6.00. The minimum Gasteiger partial charge on any atom is -0.495 e. The number of nitro benzene ring substituents is 1. The van der Waals surface area contributed by atoms with Gasteiger partial charge in [0.15, 0.2) is 5.11 Å². The third-order valence-electron chi connectivity index (χ3n) is 1.98. The standard InChI is InChI=1S/C10H13N3O3S/c1-3-11-10(17)12-8-6-7(13(14)15)4-5-9(8)16-2/h4-6H,3H2,1-2H3,(H2,11,12,17). The second-order valence-corrected chi connectivity index (χ2v) is 3.53. The van der Waals surface area contributed by atoms with Crippen molar-refractivity contribution in [2.45, 2.75) is 6.92 Å². The number of methoxy groups -OCH3 is 1. The molecule has 1 aromatic rings. The highest BCUT2D eigenvalue weighted by molar-refractivity contribution is 7.80. The molecule has 0 spiro atoms. The molecule has 92 valence electrons. The summed E-state index contributed by atoms with van der Waals surface area (Å²) >= 11 is 5.00. The van der Waals surface area contributed by atoms with Crippen LogP contribution in [0.25, 0.3) is 0 Å². The van der Waals surface area contributed by atoms with Crippen LogP contribution >= 0.6 is 12.2 Å². The van der Waals surface area contributed by atoms with Gasteiger partial charge in [0.05, 0.1) is 17.7 Å². The molecule has 0 aromatic heterocycles. The molecule has 0 bridgehead atoms. The lowest BCUT2D eigenvalue weighted by Crippen LogP contribution is -2.28. The van der Waals surface area contributed by atoms with E-state index in [9.17, 15) is 10.1 Å². The molecule has 0 radical (unpaired) electrons. The van der Waals surface area contributed by atoms with Crippen molar-refractivity contribution in [3.05, 3.63) is 28.3 Å². The first-order valence-electron chi connectivity index (χ1n) is 4.95. The monoisotopic (exact) mass is 255 g/mol. The summed E-state index contributed by atoms with van der Waals surface area (Å²) in [6.07, 6.45) is 0. The molecule has 0 aliphatic carbocycles. The van der Waals surface area contributed by atoms with Gasteiger partial charge >= 0.3 is 0 Å². The number of nitrogens with zero attached hydrogens (tertiary/aromatic N) is 1. The number of non-ortho nitro benzene ring substituents is 1. The molecule has 1 aromatic carbocycles. The fourth-order valence-electron chi connectivity index (χ4n) is 1.23. The first-order chi connectivity index (χ1) is 8.08. The zero-order valence-corrected chi connectivity index (χ0v) is 10.3. The van der Waals surface area contributed by atoms with E-state index in [-0.39, 0.29) is 5.69 Å². The number of hydrogen-bond acceptors (Lipinski definition) is 4. The van der Waals surface area contributed by atoms with E-state index in [4.69, 9.17) is 17.0 Å². The minimum atomic E-state index is -0.471. The van der Waals surface area contributed by atoms with Gasteiger partial charge in [0.1, 0.15) is 5.75 Å². The Bertz CT molecular complexity index is 437. The van der Waals surface area contributed by atoms with Gasteiger partial charge in [-0.25, -0.2) is 0 Å². The Balaban J connectivity index is 2.97. The Kier molecular flexibility index (Phi) is 4.65. The lowest BCUT2D eigenvalue weighted by molar-refractivity contribution is -0.384. The second-order valence-electron chi connectivity index (χ2n) is 3.13. The van der Waals surface area contributed by atoms with Gasteiger partial charge in [-0.2, -0.15) is 0 Å². The average molecular weight is 255 g/mol. The van der Waals surface area contributed by atoms with Crippen LogP contribution in [0.1, 0.15) is 6.92 Å². The van der Waals surface area contributed by atoms with Crippen LogP contribution in [-0.4, -0.2) is 23.7 Å². The van der Waals surface area contributed by atoms with E-state index in [1.165, 1.54) is 25.3 Å². The van der Waals surface area contributed by atoms with Crippen LogP contribution in [-0.2, 0) is 0 Å². The highest BCUT2D eigenvalue weighted by Gasteiger charge is 2.11. The molecule has 17 heavy (non-hydrogen) atoms. The number of nitro groups is 1. The van der Waals surface area contributed by atoms with Crippen molar-refractivity contribution in [2.24, 2.45) is 0 Å². The van der Waals surface area contributed by atoms with Crippen molar-refractivity contribution in [1.29, 1.82) is 0 Å². The molecule has 0 saturated carbocycles. The molecular weight excluding hydrogens is 242 g/mol. The smallest absolute Gasteiger partial charge is 0.271 e. The van der Waals surface area contributed by atoms with E-state index in [1.54, 1.807) is 0 Å². The first-order valence-corrected chi connectivity index (χ1v) is 5.36. The van der Waals surface area contributed by atoms with Crippen LogP contribution in [0, 0.1) is 10.1 Å². The largest absolute Gasteiger partial charge is 0.495 e. The van der Waals surface area contributed by atoms with Gasteiger partial charge in [-0.3, -0.25) is 10.1 Å². The summed E-state index contributed by atoms with van der Waals surface area (Å²) in [4.78, 5) is 10.2. The Labute approximate surface area is 104 Å². The molecule has 0 unspecified atom stereocenters. The molecule has 0 heterocycles. The summed E-state index contributed by atoms with van der Waals surface area (Å²) in [5.41, 5.74) is 0.445. The van der Waals surface area contributed by atoms with E-state index >= 15 is 0 Å². The van der Waals surface area contributed by atoms with Crippen molar-refractivity contribution in [2.75, 3.05) is 19.0 Å². The van der Waals surface area contributed by atoms with E-state index in [0.29, 0.717) is 23.1 Å². The van der Waals surface area contributed by atoms with Crippen LogP contribution < -0.4 is 15.4 Å². The lowest BCUT2D eigenvalue weighted by atomic mass is 10.2. The molecule has 1 rings (SSSR count). The molecule has 0 saturated heterocycles. The zero-order valence-electron chi connectivity index (χ0n) is 9.52. The molecule has 6 nitrogen and oxygen atoms in total. The summed E-state index contributed by atoms with van der Waals surface area (Å²) in [5, 5.41) is 16.8. The molecule has 2 N–H and O–H groups in total. The summed E-state index contributed by atoms with van der Waals surface area (Å²) in [7, 11) is 1.49. The van der Waals surface area contributed by atoms with Crippen LogP contribution in [0.15, 0.2) is 18.2 Å². The van der Waals surface area contributed by atoms with E-state index in [0.717, 1.165) is 0 Å².